The van der Waals surface area contributed by atoms with Crippen molar-refractivity contribution in [3.63, 3.8) is 0 Å². The lowest BCUT2D eigenvalue weighted by atomic mass is 9.87. The maximum absolute atomic E-state index is 10.8. The van der Waals surface area contributed by atoms with Gasteiger partial charge in [0.25, 0.3) is 0 Å². The van der Waals surface area contributed by atoms with Crippen molar-refractivity contribution in [3.8, 4) is 5.75 Å². The van der Waals surface area contributed by atoms with Crippen LogP contribution in [-0.2, 0) is 4.79 Å². The van der Waals surface area contributed by atoms with Gasteiger partial charge in [-0.15, -0.1) is 0 Å². The highest BCUT2D eigenvalue weighted by Gasteiger charge is 2.37. The normalized spacial score (nSPS) is 20.0. The summed E-state index contributed by atoms with van der Waals surface area (Å²) < 4.78 is 6.29. The van der Waals surface area contributed by atoms with Crippen molar-refractivity contribution in [2.24, 2.45) is 0 Å². The van der Waals surface area contributed by atoms with Crippen LogP contribution in [0.3, 0.4) is 0 Å². The topological polar surface area (TPSA) is 49.8 Å². The maximum atomic E-state index is 10.8. The van der Waals surface area contributed by atoms with Gasteiger partial charge in [0.1, 0.15) is 11.4 Å². The number of piperidine rings is 1. The number of fused-ring (bicyclic) bond motifs is 1. The predicted molar refractivity (Wildman–Crippen MR) is 86.2 cm³/mol. The van der Waals surface area contributed by atoms with Crippen LogP contribution in [0.5, 0.6) is 5.75 Å². The Kier molecular flexibility index (Phi) is 3.96. The van der Waals surface area contributed by atoms with E-state index in [4.69, 9.17) is 9.84 Å². The second kappa shape index (κ2) is 5.76. The fraction of sp³-hybridized carbons (Fsp3) is 0.500. The van der Waals surface area contributed by atoms with E-state index < -0.39 is 5.97 Å². The van der Waals surface area contributed by atoms with Crippen LogP contribution in [0.1, 0.15) is 43.7 Å². The van der Waals surface area contributed by atoms with E-state index in [1.165, 1.54) is 5.56 Å². The number of carbonyl (C=O) groups is 1. The quantitative estimate of drug-likeness (QED) is 0.932. The molecule has 1 spiro atoms. The third-order valence-corrected chi connectivity index (χ3v) is 4.64. The zero-order valence-electron chi connectivity index (χ0n) is 13.2. The molecule has 22 heavy (non-hydrogen) atoms. The first kappa shape index (κ1) is 15.1. The zero-order chi connectivity index (χ0) is 15.7. The molecular formula is C18H23NO3. The molecular weight excluding hydrogens is 278 g/mol. The van der Waals surface area contributed by atoms with Crippen molar-refractivity contribution < 1.29 is 14.6 Å². The first-order valence-electron chi connectivity index (χ1n) is 7.94. The zero-order valence-corrected chi connectivity index (χ0v) is 13.2. The summed E-state index contributed by atoms with van der Waals surface area (Å²) in [5.74, 6) is 0.690. The van der Waals surface area contributed by atoms with Gasteiger partial charge in [-0.2, -0.15) is 0 Å². The minimum Gasteiger partial charge on any atom is -0.482 e. The molecule has 1 aromatic carbocycles. The van der Waals surface area contributed by atoms with E-state index in [0.29, 0.717) is 5.92 Å². The Balaban J connectivity index is 1.72. The highest BCUT2D eigenvalue weighted by molar-refractivity contribution is 5.69. The first-order valence-corrected chi connectivity index (χ1v) is 7.94. The Bertz CT molecular complexity index is 598. The van der Waals surface area contributed by atoms with Gasteiger partial charge in [-0.25, -0.2) is 0 Å². The Morgan fingerprint density at radius 1 is 1.36 bits per heavy atom. The minimum atomic E-state index is -0.761. The summed E-state index contributed by atoms with van der Waals surface area (Å²) in [6.45, 7) is 6.02. The highest BCUT2D eigenvalue weighted by atomic mass is 16.5. The fourth-order valence-electron chi connectivity index (χ4n) is 3.19. The molecule has 1 aromatic rings. The van der Waals surface area contributed by atoms with Crippen molar-refractivity contribution >= 4 is 12.0 Å². The van der Waals surface area contributed by atoms with E-state index in [0.717, 1.165) is 37.2 Å². The first-order chi connectivity index (χ1) is 10.5. The van der Waals surface area contributed by atoms with Gasteiger partial charge in [-0.3, -0.25) is 9.69 Å². The summed E-state index contributed by atoms with van der Waals surface area (Å²) in [6, 6.07) is 6.40. The van der Waals surface area contributed by atoms with Gasteiger partial charge in [0, 0.05) is 31.5 Å². The monoisotopic (exact) mass is 301 g/mol. The van der Waals surface area contributed by atoms with E-state index in [9.17, 15) is 4.79 Å². The van der Waals surface area contributed by atoms with Gasteiger partial charge in [0.15, 0.2) is 0 Å². The average molecular weight is 301 g/mol. The number of likely N-dealkylation sites (tertiary alicyclic amines) is 1. The Morgan fingerprint density at radius 3 is 2.73 bits per heavy atom. The minimum absolute atomic E-state index is 0.119. The van der Waals surface area contributed by atoms with Crippen LogP contribution in [0, 0.1) is 0 Å². The molecule has 0 bridgehead atoms. The van der Waals surface area contributed by atoms with E-state index in [1.54, 1.807) is 0 Å². The molecule has 0 saturated carbocycles. The van der Waals surface area contributed by atoms with Crippen LogP contribution in [-0.4, -0.2) is 41.2 Å². The molecule has 3 rings (SSSR count). The number of rotatable bonds is 3. The molecule has 2 aliphatic rings. The smallest absolute Gasteiger partial charge is 0.317 e. The molecule has 2 heterocycles. The van der Waals surface area contributed by atoms with Crippen LogP contribution in [0.25, 0.3) is 6.08 Å². The number of carboxylic acids is 1. The Hall–Kier alpha value is -1.81. The molecule has 0 radical (unpaired) electrons. The second-order valence-electron chi connectivity index (χ2n) is 6.62. The average Bonchev–Trinajstić information content (AvgIpc) is 2.49. The molecule has 0 atom stereocenters. The van der Waals surface area contributed by atoms with Crippen molar-refractivity contribution in [1.29, 1.82) is 0 Å². The van der Waals surface area contributed by atoms with Gasteiger partial charge >= 0.3 is 5.97 Å². The van der Waals surface area contributed by atoms with Gasteiger partial charge in [0.05, 0.1) is 6.54 Å². The van der Waals surface area contributed by atoms with Gasteiger partial charge in [-0.05, 0) is 29.7 Å². The molecule has 0 amide bonds. The summed E-state index contributed by atoms with van der Waals surface area (Å²) >= 11 is 0. The third-order valence-electron chi connectivity index (χ3n) is 4.64. The van der Waals surface area contributed by atoms with Gasteiger partial charge < -0.3 is 9.84 Å². The lowest BCUT2D eigenvalue weighted by Crippen LogP contribution is -2.48. The molecule has 4 heteroatoms. The highest BCUT2D eigenvalue weighted by Crippen LogP contribution is 2.38. The van der Waals surface area contributed by atoms with E-state index in [1.807, 2.05) is 4.90 Å². The van der Waals surface area contributed by atoms with Crippen LogP contribution < -0.4 is 4.74 Å². The molecule has 1 saturated heterocycles. The molecule has 4 nitrogen and oxygen atoms in total. The van der Waals surface area contributed by atoms with Crippen LogP contribution in [0.2, 0.25) is 0 Å². The fourth-order valence-corrected chi connectivity index (χ4v) is 3.19. The number of benzene rings is 1. The van der Waals surface area contributed by atoms with E-state index in [2.05, 4.69) is 44.2 Å². The van der Waals surface area contributed by atoms with Crippen LogP contribution in [0.15, 0.2) is 24.3 Å². The molecule has 2 aliphatic heterocycles. The summed E-state index contributed by atoms with van der Waals surface area (Å²) in [4.78, 5) is 12.8. The Labute approximate surface area is 131 Å². The summed E-state index contributed by atoms with van der Waals surface area (Å²) in [7, 11) is 0. The molecule has 1 fully saturated rings. The molecule has 0 aromatic heterocycles. The summed E-state index contributed by atoms with van der Waals surface area (Å²) in [5, 5.41) is 8.88. The van der Waals surface area contributed by atoms with Crippen LogP contribution in [0.4, 0.5) is 0 Å². The van der Waals surface area contributed by atoms with E-state index >= 15 is 0 Å². The lowest BCUT2D eigenvalue weighted by Gasteiger charge is -2.41. The van der Waals surface area contributed by atoms with E-state index in [-0.39, 0.29) is 12.1 Å². The predicted octanol–water partition coefficient (Wildman–Crippen LogP) is 3.13. The van der Waals surface area contributed by atoms with Gasteiger partial charge in [-0.1, -0.05) is 26.0 Å². The Morgan fingerprint density at radius 2 is 2.09 bits per heavy atom. The summed E-state index contributed by atoms with van der Waals surface area (Å²) in [5.41, 5.74) is 2.20. The largest absolute Gasteiger partial charge is 0.482 e. The maximum Gasteiger partial charge on any atom is 0.317 e. The number of hydrogen-bond donors (Lipinski definition) is 1. The van der Waals surface area contributed by atoms with Crippen molar-refractivity contribution in [1.82, 2.24) is 4.90 Å². The standard InChI is InChI=1S/C18H23NO3/c1-13(2)14-3-4-16-15(11-14)5-6-18(22-16)7-9-19(10-8-18)12-17(20)21/h3-6,11,13H,7-10,12H2,1-2H3,(H,20,21). The van der Waals surface area contributed by atoms with Crippen LogP contribution >= 0.6 is 0 Å². The molecule has 1 N–H and O–H groups in total. The number of aliphatic carboxylic acids is 1. The molecule has 0 aliphatic carbocycles. The van der Waals surface area contributed by atoms with Crippen molar-refractivity contribution in [2.45, 2.75) is 38.2 Å². The van der Waals surface area contributed by atoms with Gasteiger partial charge in [0.2, 0.25) is 0 Å². The molecule has 0 unspecified atom stereocenters. The SMILES string of the molecule is CC(C)c1ccc2c(c1)C=CC1(CCN(CC(=O)O)CC1)O2. The number of hydrogen-bond acceptors (Lipinski definition) is 3. The lowest BCUT2D eigenvalue weighted by molar-refractivity contribution is -0.139. The van der Waals surface area contributed by atoms with Crippen molar-refractivity contribution in [2.75, 3.05) is 19.6 Å². The second-order valence-corrected chi connectivity index (χ2v) is 6.62. The number of nitrogens with zero attached hydrogens (tertiary/aromatic N) is 1. The third kappa shape index (κ3) is 3.02. The molecule has 118 valence electrons. The number of ether oxygens (including phenoxy) is 1. The number of carboxylic acid groups (broad SMARTS) is 1. The van der Waals surface area contributed by atoms with Crippen molar-refractivity contribution in [3.05, 3.63) is 35.4 Å². The summed E-state index contributed by atoms with van der Waals surface area (Å²) in [6.07, 6.45) is 6.00.